The van der Waals surface area contributed by atoms with Crippen molar-refractivity contribution in [1.29, 1.82) is 0 Å². The molecule has 6 heteroatoms. The topological polar surface area (TPSA) is 45.2 Å². The van der Waals surface area contributed by atoms with E-state index in [9.17, 15) is 9.18 Å². The summed E-state index contributed by atoms with van der Waals surface area (Å²) >= 11 is 6.10. The first-order valence-electron chi connectivity index (χ1n) is 7.78. The normalized spacial score (nSPS) is 18.2. The van der Waals surface area contributed by atoms with Crippen molar-refractivity contribution < 1.29 is 9.18 Å². The molecule has 1 N–H and O–H groups in total. The molecule has 0 spiro atoms. The Balaban J connectivity index is 1.85. The molecule has 2 aromatic rings. The van der Waals surface area contributed by atoms with E-state index in [-0.39, 0.29) is 11.7 Å². The Labute approximate surface area is 139 Å². The fourth-order valence-electron chi connectivity index (χ4n) is 3.12. The molecule has 1 aliphatic rings. The molecule has 1 aromatic heterocycles. The molecule has 1 saturated heterocycles. The van der Waals surface area contributed by atoms with Gasteiger partial charge in [-0.15, -0.1) is 0 Å². The molecule has 23 heavy (non-hydrogen) atoms. The van der Waals surface area contributed by atoms with E-state index in [1.807, 2.05) is 11.0 Å². The molecule has 122 valence electrons. The minimum absolute atomic E-state index is 0.0298. The summed E-state index contributed by atoms with van der Waals surface area (Å²) in [5.41, 5.74) is 0.860. The first kappa shape index (κ1) is 16.0. The third-order valence-electron chi connectivity index (χ3n) is 4.28. The molecular formula is C17H19ClFN3O. The van der Waals surface area contributed by atoms with Gasteiger partial charge in [-0.05, 0) is 37.0 Å². The fourth-order valence-corrected chi connectivity index (χ4v) is 3.33. The first-order chi connectivity index (χ1) is 11.1. The number of carbonyl (C=O) groups excluding carboxylic acids is 1. The van der Waals surface area contributed by atoms with E-state index >= 15 is 0 Å². The lowest BCUT2D eigenvalue weighted by Crippen LogP contribution is -2.41. The zero-order valence-corrected chi connectivity index (χ0v) is 13.7. The summed E-state index contributed by atoms with van der Waals surface area (Å²) in [5.74, 6) is -0.0295. The molecule has 1 aromatic carbocycles. The number of benzene rings is 1. The van der Waals surface area contributed by atoms with Gasteiger partial charge in [0.2, 0.25) is 5.91 Å². The van der Waals surface area contributed by atoms with Crippen LogP contribution in [0, 0.1) is 11.7 Å². The minimum atomic E-state index is -0.329. The molecule has 0 radical (unpaired) electrons. The Morgan fingerprint density at radius 1 is 1.48 bits per heavy atom. The van der Waals surface area contributed by atoms with Crippen LogP contribution >= 0.6 is 11.6 Å². The Morgan fingerprint density at radius 3 is 3.09 bits per heavy atom. The van der Waals surface area contributed by atoms with Crippen molar-refractivity contribution in [2.75, 3.05) is 24.5 Å². The van der Waals surface area contributed by atoms with Gasteiger partial charge in [0.25, 0.3) is 0 Å². The lowest BCUT2D eigenvalue weighted by atomic mass is 9.97. The summed E-state index contributed by atoms with van der Waals surface area (Å²) in [4.78, 5) is 17.2. The minimum Gasteiger partial charge on any atom is -0.369 e. The van der Waals surface area contributed by atoms with Crippen LogP contribution in [-0.4, -0.2) is 30.5 Å². The summed E-state index contributed by atoms with van der Waals surface area (Å²) in [7, 11) is 0. The molecule has 1 aliphatic heterocycles. The fraction of sp³-hybridized carbons (Fsp3) is 0.412. The largest absolute Gasteiger partial charge is 0.369 e. The summed E-state index contributed by atoms with van der Waals surface area (Å²) in [6, 6.07) is 5.25. The predicted molar refractivity (Wildman–Crippen MR) is 90.3 cm³/mol. The van der Waals surface area contributed by atoms with Gasteiger partial charge in [0.1, 0.15) is 5.52 Å². The van der Waals surface area contributed by atoms with E-state index in [0.29, 0.717) is 34.1 Å². The van der Waals surface area contributed by atoms with Crippen LogP contribution in [0.2, 0.25) is 5.02 Å². The number of halogens is 2. The highest BCUT2D eigenvalue weighted by Gasteiger charge is 2.23. The van der Waals surface area contributed by atoms with Crippen molar-refractivity contribution >= 4 is 34.1 Å². The monoisotopic (exact) mass is 335 g/mol. The maximum atomic E-state index is 14.8. The van der Waals surface area contributed by atoms with Gasteiger partial charge in [-0.25, -0.2) is 4.39 Å². The van der Waals surface area contributed by atoms with Crippen LogP contribution in [0.5, 0.6) is 0 Å². The van der Waals surface area contributed by atoms with Crippen LogP contribution in [0.1, 0.15) is 19.8 Å². The van der Waals surface area contributed by atoms with Gasteiger partial charge < -0.3 is 10.2 Å². The van der Waals surface area contributed by atoms with E-state index < -0.39 is 0 Å². The number of carbonyl (C=O) groups is 1. The standard InChI is InChI=1S/C17H19ClFN3O/c1-11(23)21-9-12-3-2-8-22(10-12)15-5-4-13-14(18)6-7-20-17(13)16(15)19/h4-7,12H,2-3,8-10H2,1H3,(H,21,23). The molecule has 0 bridgehead atoms. The van der Waals surface area contributed by atoms with Crippen LogP contribution in [0.25, 0.3) is 10.9 Å². The maximum absolute atomic E-state index is 14.8. The number of hydrogen-bond acceptors (Lipinski definition) is 3. The maximum Gasteiger partial charge on any atom is 0.216 e. The first-order valence-corrected chi connectivity index (χ1v) is 8.16. The van der Waals surface area contributed by atoms with Crippen LogP contribution in [0.15, 0.2) is 24.4 Å². The van der Waals surface area contributed by atoms with Crippen molar-refractivity contribution in [3.05, 3.63) is 35.2 Å². The van der Waals surface area contributed by atoms with Crippen LogP contribution in [0.3, 0.4) is 0 Å². The van der Waals surface area contributed by atoms with Gasteiger partial charge in [-0.2, -0.15) is 0 Å². The zero-order chi connectivity index (χ0) is 16.4. The number of anilines is 1. The summed E-state index contributed by atoms with van der Waals surface area (Å²) in [6.45, 7) is 3.67. The van der Waals surface area contributed by atoms with E-state index in [1.165, 1.54) is 13.1 Å². The Kier molecular flexibility index (Phi) is 4.66. The highest BCUT2D eigenvalue weighted by Crippen LogP contribution is 2.32. The van der Waals surface area contributed by atoms with E-state index in [1.54, 1.807) is 12.1 Å². The Hall–Kier alpha value is -1.88. The highest BCUT2D eigenvalue weighted by atomic mass is 35.5. The zero-order valence-electron chi connectivity index (χ0n) is 13.0. The van der Waals surface area contributed by atoms with Crippen molar-refractivity contribution in [1.82, 2.24) is 10.3 Å². The Bertz CT molecular complexity index is 737. The van der Waals surface area contributed by atoms with E-state index in [2.05, 4.69) is 10.3 Å². The smallest absolute Gasteiger partial charge is 0.216 e. The molecule has 3 rings (SSSR count). The average molecular weight is 336 g/mol. The molecule has 0 aliphatic carbocycles. The number of amides is 1. The molecule has 1 unspecified atom stereocenters. The summed E-state index contributed by atoms with van der Waals surface area (Å²) in [5, 5.41) is 3.98. The molecule has 1 fully saturated rings. The van der Waals surface area contributed by atoms with E-state index in [0.717, 1.165) is 25.9 Å². The molecule has 0 saturated carbocycles. The molecule has 2 heterocycles. The quantitative estimate of drug-likeness (QED) is 0.935. The lowest BCUT2D eigenvalue weighted by Gasteiger charge is -2.34. The number of nitrogens with one attached hydrogen (secondary N) is 1. The molecule has 4 nitrogen and oxygen atoms in total. The van der Waals surface area contributed by atoms with Crippen LogP contribution < -0.4 is 10.2 Å². The number of rotatable bonds is 3. The number of piperidine rings is 1. The van der Waals surface area contributed by atoms with Gasteiger partial charge in [0.15, 0.2) is 5.82 Å². The third kappa shape index (κ3) is 3.39. The predicted octanol–water partition coefficient (Wildman–Crippen LogP) is 3.38. The van der Waals surface area contributed by atoms with E-state index in [4.69, 9.17) is 11.6 Å². The number of aromatic nitrogens is 1. The van der Waals surface area contributed by atoms with Crippen molar-refractivity contribution in [3.8, 4) is 0 Å². The van der Waals surface area contributed by atoms with Gasteiger partial charge in [0.05, 0.1) is 10.7 Å². The van der Waals surface area contributed by atoms with Gasteiger partial charge in [-0.1, -0.05) is 11.6 Å². The summed E-state index contributed by atoms with van der Waals surface area (Å²) < 4.78 is 14.8. The average Bonchev–Trinajstić information content (AvgIpc) is 2.54. The van der Waals surface area contributed by atoms with Crippen molar-refractivity contribution in [2.24, 2.45) is 5.92 Å². The summed E-state index contributed by atoms with van der Waals surface area (Å²) in [6.07, 6.45) is 3.54. The lowest BCUT2D eigenvalue weighted by molar-refractivity contribution is -0.119. The third-order valence-corrected chi connectivity index (χ3v) is 4.61. The second kappa shape index (κ2) is 6.71. The van der Waals surface area contributed by atoms with Crippen molar-refractivity contribution in [2.45, 2.75) is 19.8 Å². The van der Waals surface area contributed by atoms with Gasteiger partial charge >= 0.3 is 0 Å². The molecule has 1 atom stereocenters. The Morgan fingerprint density at radius 2 is 2.30 bits per heavy atom. The number of nitrogens with zero attached hydrogens (tertiary/aromatic N) is 2. The molecule has 1 amide bonds. The second-order valence-corrected chi connectivity index (χ2v) is 6.39. The van der Waals surface area contributed by atoms with Gasteiger partial charge in [-0.3, -0.25) is 9.78 Å². The number of pyridine rings is 1. The number of fused-ring (bicyclic) bond motifs is 1. The second-order valence-electron chi connectivity index (χ2n) is 5.98. The van der Waals surface area contributed by atoms with Gasteiger partial charge in [0, 0.05) is 38.1 Å². The SMILES string of the molecule is CC(=O)NCC1CCCN(c2ccc3c(Cl)ccnc3c2F)C1. The van der Waals surface area contributed by atoms with Crippen molar-refractivity contribution in [3.63, 3.8) is 0 Å². The van der Waals surface area contributed by atoms with Crippen LogP contribution in [0.4, 0.5) is 10.1 Å². The number of hydrogen-bond donors (Lipinski definition) is 1. The van der Waals surface area contributed by atoms with Crippen LogP contribution in [-0.2, 0) is 4.79 Å². The molecular weight excluding hydrogens is 317 g/mol. The highest BCUT2D eigenvalue weighted by molar-refractivity contribution is 6.35.